The lowest BCUT2D eigenvalue weighted by Crippen LogP contribution is -2.32. The molecule has 1 aliphatic heterocycles. The highest BCUT2D eigenvalue weighted by Crippen LogP contribution is 2.37. The first kappa shape index (κ1) is 25.2. The lowest BCUT2D eigenvalue weighted by atomic mass is 10.00. The molecule has 1 unspecified atom stereocenters. The van der Waals surface area contributed by atoms with Crippen molar-refractivity contribution in [2.24, 2.45) is 0 Å². The molecule has 5 aromatic rings. The fourth-order valence-corrected chi connectivity index (χ4v) is 5.04. The highest BCUT2D eigenvalue weighted by Gasteiger charge is 2.30. The molecule has 40 heavy (non-hydrogen) atoms. The van der Waals surface area contributed by atoms with Crippen molar-refractivity contribution in [1.82, 2.24) is 34.0 Å². The molecule has 13 heteroatoms. The summed E-state index contributed by atoms with van der Waals surface area (Å²) in [6.45, 7) is 0.693. The minimum absolute atomic E-state index is 0.0945. The largest absolute Gasteiger partial charge is 0.490 e. The Morgan fingerprint density at radius 2 is 2.08 bits per heavy atom. The van der Waals surface area contributed by atoms with Gasteiger partial charge in [-0.2, -0.15) is 10.2 Å². The number of hydrogen-bond acceptors (Lipinski definition) is 7. The van der Waals surface area contributed by atoms with Gasteiger partial charge in [0.2, 0.25) is 11.9 Å². The zero-order chi connectivity index (χ0) is 27.8. The van der Waals surface area contributed by atoms with Gasteiger partial charge in [0.1, 0.15) is 24.1 Å². The average Bonchev–Trinajstić information content (AvgIpc) is 3.48. The maximum Gasteiger partial charge on any atom is 0.330 e. The van der Waals surface area contributed by atoms with Gasteiger partial charge in [-0.1, -0.05) is 12.1 Å². The number of imidazole rings is 2. The van der Waals surface area contributed by atoms with E-state index < -0.39 is 23.6 Å². The van der Waals surface area contributed by atoms with Crippen LogP contribution in [0, 0.1) is 23.0 Å². The first-order chi connectivity index (χ1) is 19.5. The number of ether oxygens (including phenoxy) is 1. The van der Waals surface area contributed by atoms with E-state index in [1.165, 1.54) is 44.4 Å². The summed E-state index contributed by atoms with van der Waals surface area (Å²) in [5.74, 6) is -1.08. The van der Waals surface area contributed by atoms with Gasteiger partial charge < -0.3 is 10.1 Å². The van der Waals surface area contributed by atoms with E-state index in [4.69, 9.17) is 15.0 Å². The molecule has 6 rings (SSSR count). The number of fused-ring (bicyclic) bond motifs is 3. The van der Waals surface area contributed by atoms with Crippen LogP contribution in [0.15, 0.2) is 53.7 Å². The fourth-order valence-electron chi connectivity index (χ4n) is 5.04. The zero-order valence-corrected chi connectivity index (χ0v) is 21.0. The van der Waals surface area contributed by atoms with E-state index in [2.05, 4.69) is 15.3 Å². The number of aryl methyl sites for hydroxylation is 1. The van der Waals surface area contributed by atoms with E-state index in [1.807, 2.05) is 0 Å². The number of carbonyl (C=O) groups is 1. The molecule has 11 nitrogen and oxygen atoms in total. The summed E-state index contributed by atoms with van der Waals surface area (Å²) in [6, 6.07) is 10.0. The van der Waals surface area contributed by atoms with Crippen LogP contribution in [-0.2, 0) is 11.3 Å². The number of halogens is 2. The number of carbonyl (C=O) groups excluding carboxylic acids is 1. The summed E-state index contributed by atoms with van der Waals surface area (Å²) in [6.07, 6.45) is 3.55. The predicted molar refractivity (Wildman–Crippen MR) is 139 cm³/mol. The van der Waals surface area contributed by atoms with Crippen LogP contribution in [0.3, 0.4) is 0 Å². The van der Waals surface area contributed by atoms with Crippen LogP contribution in [0.1, 0.15) is 30.9 Å². The highest BCUT2D eigenvalue weighted by atomic mass is 19.1. The molecule has 1 N–H and O–H groups in total. The Hall–Kier alpha value is -5.12. The summed E-state index contributed by atoms with van der Waals surface area (Å²) in [5, 5.41) is 11.3. The third kappa shape index (κ3) is 4.33. The smallest absolute Gasteiger partial charge is 0.330 e. The molecule has 3 aromatic heterocycles. The molecule has 202 valence electrons. The third-order valence-corrected chi connectivity index (χ3v) is 6.84. The minimum Gasteiger partial charge on any atom is -0.490 e. The van der Waals surface area contributed by atoms with Crippen LogP contribution in [-0.4, -0.2) is 47.7 Å². The van der Waals surface area contributed by atoms with Crippen LogP contribution in [0.2, 0.25) is 0 Å². The molecule has 0 radical (unpaired) electrons. The number of hydrogen-bond donors (Lipinski definition) is 1. The Kier molecular flexibility index (Phi) is 6.43. The second kappa shape index (κ2) is 10.2. The lowest BCUT2D eigenvalue weighted by molar-refractivity contribution is -0.120. The monoisotopic (exact) mass is 544 g/mol. The summed E-state index contributed by atoms with van der Waals surface area (Å²) in [4.78, 5) is 39.0. The number of para-hydroxylation sites is 1. The molecule has 0 aliphatic carbocycles. The standard InChI is InChI=1S/C27H22F2N8O3/c28-16-5-6-19-21(13-16)36(15-33-19)26-32-14-22-25(34-26)37(20-8-12-40-24-17(20)3-1-4-18(24)29)27(39)35(22)11-2-10-31-23(38)7-9-30/h1,3-6,13-15,20H,2,7-8,10-12H2,(H,31,38). The lowest BCUT2D eigenvalue weighted by Gasteiger charge is -2.26. The van der Waals surface area contributed by atoms with Gasteiger partial charge in [-0.25, -0.2) is 23.5 Å². The summed E-state index contributed by atoms with van der Waals surface area (Å²) in [5.41, 5.74) is 1.90. The van der Waals surface area contributed by atoms with Gasteiger partial charge >= 0.3 is 5.69 Å². The molecule has 0 bridgehead atoms. The number of amides is 1. The maximum absolute atomic E-state index is 14.6. The van der Waals surface area contributed by atoms with Crippen molar-refractivity contribution in [3.8, 4) is 17.8 Å². The maximum atomic E-state index is 14.6. The van der Waals surface area contributed by atoms with Gasteiger partial charge in [0, 0.05) is 31.1 Å². The Balaban J connectivity index is 1.47. The molecule has 1 amide bonds. The average molecular weight is 545 g/mol. The van der Waals surface area contributed by atoms with Gasteiger partial charge in [-0.3, -0.25) is 18.5 Å². The van der Waals surface area contributed by atoms with Crippen molar-refractivity contribution in [3.63, 3.8) is 0 Å². The number of nitriles is 1. The highest BCUT2D eigenvalue weighted by molar-refractivity contribution is 5.78. The molecular formula is C27H22F2N8O3. The number of rotatable bonds is 7. The number of benzene rings is 2. The molecule has 0 spiro atoms. The summed E-state index contributed by atoms with van der Waals surface area (Å²) in [7, 11) is 0. The first-order valence-electron chi connectivity index (χ1n) is 12.6. The summed E-state index contributed by atoms with van der Waals surface area (Å²) < 4.78 is 38.8. The van der Waals surface area contributed by atoms with E-state index in [1.54, 1.807) is 24.3 Å². The van der Waals surface area contributed by atoms with Crippen LogP contribution in [0.4, 0.5) is 8.78 Å². The van der Waals surface area contributed by atoms with Crippen molar-refractivity contribution < 1.29 is 18.3 Å². The van der Waals surface area contributed by atoms with Crippen molar-refractivity contribution in [1.29, 1.82) is 5.26 Å². The third-order valence-electron chi connectivity index (χ3n) is 6.84. The van der Waals surface area contributed by atoms with Crippen molar-refractivity contribution in [3.05, 3.63) is 76.6 Å². The predicted octanol–water partition coefficient (Wildman–Crippen LogP) is 3.00. The topological polar surface area (TPSA) is 133 Å². The van der Waals surface area contributed by atoms with E-state index in [9.17, 15) is 18.4 Å². The molecule has 0 saturated carbocycles. The zero-order valence-electron chi connectivity index (χ0n) is 21.0. The van der Waals surface area contributed by atoms with Crippen molar-refractivity contribution in [2.75, 3.05) is 13.2 Å². The molecule has 1 atom stereocenters. The molecule has 4 heterocycles. The summed E-state index contributed by atoms with van der Waals surface area (Å²) >= 11 is 0. The Morgan fingerprint density at radius 3 is 2.92 bits per heavy atom. The Labute approximate surface area is 225 Å². The van der Waals surface area contributed by atoms with Gasteiger partial charge in [0.15, 0.2) is 17.2 Å². The molecule has 0 fully saturated rings. The van der Waals surface area contributed by atoms with Crippen LogP contribution in [0.5, 0.6) is 5.75 Å². The van der Waals surface area contributed by atoms with Crippen LogP contribution in [0.25, 0.3) is 28.1 Å². The van der Waals surface area contributed by atoms with Gasteiger partial charge in [0.05, 0.1) is 35.9 Å². The second-order valence-corrected chi connectivity index (χ2v) is 9.28. The molecule has 0 saturated heterocycles. The number of aromatic nitrogens is 6. The fraction of sp³-hybridized carbons (Fsp3) is 0.259. The van der Waals surface area contributed by atoms with Gasteiger partial charge in [-0.05, 0) is 24.6 Å². The Bertz CT molecular complexity index is 1870. The van der Waals surface area contributed by atoms with E-state index in [-0.39, 0.29) is 43.5 Å². The van der Waals surface area contributed by atoms with E-state index in [0.717, 1.165) is 0 Å². The molecular weight excluding hydrogens is 522 g/mol. The first-order valence-corrected chi connectivity index (χ1v) is 12.6. The minimum atomic E-state index is -0.564. The quantitative estimate of drug-likeness (QED) is 0.312. The van der Waals surface area contributed by atoms with Crippen LogP contribution >= 0.6 is 0 Å². The molecule has 1 aliphatic rings. The van der Waals surface area contributed by atoms with E-state index in [0.29, 0.717) is 40.6 Å². The number of nitrogens with one attached hydrogen (secondary N) is 1. The molecule has 2 aromatic carbocycles. The van der Waals surface area contributed by atoms with Gasteiger partial charge in [-0.15, -0.1) is 0 Å². The number of nitrogens with zero attached hydrogens (tertiary/aromatic N) is 7. The second-order valence-electron chi connectivity index (χ2n) is 9.28. The van der Waals surface area contributed by atoms with Crippen LogP contribution < -0.4 is 15.7 Å². The van der Waals surface area contributed by atoms with E-state index >= 15 is 0 Å². The Morgan fingerprint density at radius 1 is 1.20 bits per heavy atom. The van der Waals surface area contributed by atoms with Crippen molar-refractivity contribution >= 4 is 28.1 Å². The normalized spacial score (nSPS) is 14.6. The SMILES string of the molecule is N#CCC(=O)NCCCn1c(=O)n(C2CCOc3c(F)cccc32)c2nc(-n3cnc4ccc(F)cc43)ncc21. The van der Waals surface area contributed by atoms with Gasteiger partial charge in [0.25, 0.3) is 0 Å². The van der Waals surface area contributed by atoms with Crippen molar-refractivity contribution in [2.45, 2.75) is 31.8 Å².